The molecule has 3 aromatic rings. The van der Waals surface area contributed by atoms with E-state index in [1.165, 1.54) is 22.2 Å². The molecule has 26 heavy (non-hydrogen) atoms. The molecule has 0 saturated carbocycles. The number of hydrogen-bond acceptors (Lipinski definition) is 5. The molecule has 0 bridgehead atoms. The molecular formula is C18H18N4O2S2. The van der Waals surface area contributed by atoms with Crippen molar-refractivity contribution in [2.75, 3.05) is 5.32 Å². The number of allylic oxidation sites excluding steroid dienone is 1. The van der Waals surface area contributed by atoms with Gasteiger partial charge in [0.2, 0.25) is 5.91 Å². The molecule has 0 aliphatic rings. The van der Waals surface area contributed by atoms with E-state index in [4.69, 9.17) is 12.2 Å². The van der Waals surface area contributed by atoms with Crippen LogP contribution in [-0.2, 0) is 24.3 Å². The van der Waals surface area contributed by atoms with E-state index in [1.807, 2.05) is 31.2 Å². The molecule has 1 aromatic carbocycles. The maximum absolute atomic E-state index is 12.7. The van der Waals surface area contributed by atoms with E-state index in [1.54, 1.807) is 10.6 Å². The lowest BCUT2D eigenvalue weighted by Crippen LogP contribution is -2.28. The Hall–Kier alpha value is -2.58. The van der Waals surface area contributed by atoms with Crippen LogP contribution >= 0.6 is 23.6 Å². The van der Waals surface area contributed by atoms with E-state index in [9.17, 15) is 9.59 Å². The van der Waals surface area contributed by atoms with E-state index in [-0.39, 0.29) is 18.0 Å². The highest BCUT2D eigenvalue weighted by Gasteiger charge is 2.13. The molecule has 8 heteroatoms. The van der Waals surface area contributed by atoms with Crippen LogP contribution in [0, 0.1) is 3.95 Å². The lowest BCUT2D eigenvalue weighted by Gasteiger charge is -2.10. The number of carbonyl (C=O) groups is 1. The van der Waals surface area contributed by atoms with Gasteiger partial charge in [0, 0.05) is 12.2 Å². The molecule has 134 valence electrons. The summed E-state index contributed by atoms with van der Waals surface area (Å²) in [6.07, 6.45) is 3.90. The van der Waals surface area contributed by atoms with E-state index in [2.05, 4.69) is 16.9 Å². The maximum atomic E-state index is 12.7. The largest absolute Gasteiger partial charge is 0.324 e. The summed E-state index contributed by atoms with van der Waals surface area (Å²) in [5.41, 5.74) is 2.06. The van der Waals surface area contributed by atoms with Crippen molar-refractivity contribution < 1.29 is 4.79 Å². The smallest absolute Gasteiger partial charge is 0.273 e. The Bertz CT molecular complexity index is 1090. The Morgan fingerprint density at radius 2 is 2.19 bits per heavy atom. The lowest BCUT2D eigenvalue weighted by molar-refractivity contribution is -0.116. The number of nitrogens with zero attached hydrogens (tertiary/aromatic N) is 3. The zero-order chi connectivity index (χ0) is 18.7. The van der Waals surface area contributed by atoms with Crippen molar-refractivity contribution in [1.82, 2.24) is 14.1 Å². The van der Waals surface area contributed by atoms with Gasteiger partial charge in [-0.1, -0.05) is 42.5 Å². The van der Waals surface area contributed by atoms with Crippen molar-refractivity contribution >= 4 is 45.5 Å². The number of para-hydroxylation sites is 1. The van der Waals surface area contributed by atoms with Crippen LogP contribution in [0.5, 0.6) is 0 Å². The van der Waals surface area contributed by atoms with E-state index >= 15 is 0 Å². The minimum absolute atomic E-state index is 0.105. The number of carbonyl (C=O) groups excluding carboxylic acids is 1. The molecule has 2 aromatic heterocycles. The predicted molar refractivity (Wildman–Crippen MR) is 107 cm³/mol. The number of hydrogen-bond donors (Lipinski definition) is 1. The second-order valence-electron chi connectivity index (χ2n) is 5.66. The number of anilines is 1. The van der Waals surface area contributed by atoms with Crippen molar-refractivity contribution in [2.24, 2.45) is 0 Å². The third-order valence-corrected chi connectivity index (χ3v) is 5.37. The van der Waals surface area contributed by atoms with Crippen molar-refractivity contribution in [3.8, 4) is 0 Å². The number of fused-ring (bicyclic) bond motifs is 1. The van der Waals surface area contributed by atoms with Crippen LogP contribution in [0.2, 0.25) is 0 Å². The Balaban J connectivity index is 1.88. The van der Waals surface area contributed by atoms with Crippen LogP contribution in [0.1, 0.15) is 12.5 Å². The second kappa shape index (κ2) is 7.76. The summed E-state index contributed by atoms with van der Waals surface area (Å²) in [4.78, 5) is 29.4. The summed E-state index contributed by atoms with van der Waals surface area (Å²) in [6.45, 7) is 6.10. The Labute approximate surface area is 159 Å². The molecule has 0 spiro atoms. The molecule has 2 heterocycles. The quantitative estimate of drug-likeness (QED) is 0.521. The minimum atomic E-state index is -0.275. The van der Waals surface area contributed by atoms with Gasteiger partial charge in [0.1, 0.15) is 17.6 Å². The predicted octanol–water partition coefficient (Wildman–Crippen LogP) is 3.38. The number of nitrogens with one attached hydrogen (secondary N) is 1. The van der Waals surface area contributed by atoms with Gasteiger partial charge in [0.05, 0.1) is 0 Å². The summed E-state index contributed by atoms with van der Waals surface area (Å²) in [7, 11) is 0. The fourth-order valence-corrected chi connectivity index (χ4v) is 3.99. The molecular weight excluding hydrogens is 368 g/mol. The minimum Gasteiger partial charge on any atom is -0.324 e. The summed E-state index contributed by atoms with van der Waals surface area (Å²) >= 11 is 6.49. The van der Waals surface area contributed by atoms with Gasteiger partial charge in [-0.2, -0.15) is 0 Å². The van der Waals surface area contributed by atoms with Crippen LogP contribution in [0.25, 0.3) is 10.3 Å². The van der Waals surface area contributed by atoms with Crippen molar-refractivity contribution in [2.45, 2.75) is 26.4 Å². The van der Waals surface area contributed by atoms with Gasteiger partial charge in [0.25, 0.3) is 5.56 Å². The zero-order valence-electron chi connectivity index (χ0n) is 14.3. The molecule has 0 radical (unpaired) electrons. The standard InChI is InChI=1S/C18H18N4O2S2/c1-3-9-22-16-15(26-18(22)25)17(24)21(11-19-16)10-14(23)20-13-8-6-5-7-12(13)4-2/h3,5-8,11H,1,4,9-10H2,2H3,(H,20,23). The first-order chi connectivity index (χ1) is 12.5. The lowest BCUT2D eigenvalue weighted by atomic mass is 10.1. The average molecular weight is 387 g/mol. The summed E-state index contributed by atoms with van der Waals surface area (Å²) in [5, 5.41) is 2.86. The third-order valence-electron chi connectivity index (χ3n) is 3.94. The fraction of sp³-hybridized carbons (Fsp3) is 0.222. The molecule has 0 saturated heterocycles. The molecule has 6 nitrogen and oxygen atoms in total. The maximum Gasteiger partial charge on any atom is 0.273 e. The molecule has 3 rings (SSSR count). The number of aryl methyl sites for hydroxylation is 1. The molecule has 0 aliphatic heterocycles. The molecule has 0 unspecified atom stereocenters. The monoisotopic (exact) mass is 386 g/mol. The Morgan fingerprint density at radius 1 is 1.42 bits per heavy atom. The first kappa shape index (κ1) is 18.2. The zero-order valence-corrected chi connectivity index (χ0v) is 15.9. The van der Waals surface area contributed by atoms with Crippen molar-refractivity contribution in [3.63, 3.8) is 0 Å². The third kappa shape index (κ3) is 3.51. The summed E-state index contributed by atoms with van der Waals surface area (Å²) in [5.74, 6) is -0.275. The number of thiazole rings is 1. The molecule has 0 atom stereocenters. The van der Waals surface area contributed by atoms with Gasteiger partial charge in [-0.15, -0.1) is 6.58 Å². The van der Waals surface area contributed by atoms with E-state index in [0.29, 0.717) is 20.8 Å². The number of rotatable bonds is 6. The highest BCUT2D eigenvalue weighted by atomic mass is 32.1. The van der Waals surface area contributed by atoms with Crippen LogP contribution < -0.4 is 10.9 Å². The normalized spacial score (nSPS) is 10.8. The number of aromatic nitrogens is 3. The van der Waals surface area contributed by atoms with Gasteiger partial charge < -0.3 is 9.88 Å². The second-order valence-corrected chi connectivity index (χ2v) is 7.30. The van der Waals surface area contributed by atoms with E-state index in [0.717, 1.165) is 17.7 Å². The van der Waals surface area contributed by atoms with Crippen LogP contribution in [0.15, 0.2) is 48.0 Å². The first-order valence-electron chi connectivity index (χ1n) is 8.12. The Morgan fingerprint density at radius 3 is 2.92 bits per heavy atom. The molecule has 0 aliphatic carbocycles. The molecule has 0 fully saturated rings. The van der Waals surface area contributed by atoms with Gasteiger partial charge in [0.15, 0.2) is 9.60 Å². The van der Waals surface area contributed by atoms with E-state index < -0.39 is 0 Å². The van der Waals surface area contributed by atoms with Gasteiger partial charge in [-0.3, -0.25) is 14.2 Å². The van der Waals surface area contributed by atoms with Crippen molar-refractivity contribution in [3.05, 3.63) is 63.1 Å². The number of benzene rings is 1. The topological polar surface area (TPSA) is 68.9 Å². The van der Waals surface area contributed by atoms with Crippen LogP contribution in [-0.4, -0.2) is 20.0 Å². The van der Waals surface area contributed by atoms with Crippen LogP contribution in [0.4, 0.5) is 5.69 Å². The Kier molecular flexibility index (Phi) is 5.43. The average Bonchev–Trinajstić information content (AvgIpc) is 2.95. The highest BCUT2D eigenvalue weighted by molar-refractivity contribution is 7.73. The first-order valence-corrected chi connectivity index (χ1v) is 9.35. The van der Waals surface area contributed by atoms with Gasteiger partial charge in [-0.05, 0) is 30.3 Å². The summed E-state index contributed by atoms with van der Waals surface area (Å²) in [6, 6.07) is 7.61. The molecule has 1 N–H and O–H groups in total. The fourth-order valence-electron chi connectivity index (χ4n) is 2.67. The van der Waals surface area contributed by atoms with Gasteiger partial charge in [-0.25, -0.2) is 4.98 Å². The summed E-state index contributed by atoms with van der Waals surface area (Å²) < 4.78 is 4.06. The van der Waals surface area contributed by atoms with Crippen LogP contribution in [0.3, 0.4) is 0 Å². The number of amides is 1. The van der Waals surface area contributed by atoms with Gasteiger partial charge >= 0.3 is 0 Å². The van der Waals surface area contributed by atoms with Crippen molar-refractivity contribution in [1.29, 1.82) is 0 Å². The highest BCUT2D eigenvalue weighted by Crippen LogP contribution is 2.18. The SMILES string of the molecule is C=CCn1c(=S)sc2c(=O)n(CC(=O)Nc3ccccc3CC)cnc21. The molecule has 1 amide bonds.